The number of fused-ring (bicyclic) bond motifs is 3. The first-order chi connectivity index (χ1) is 12.2. The molecule has 1 aromatic carbocycles. The molecule has 0 saturated carbocycles. The third-order valence-electron chi connectivity index (χ3n) is 5.24. The van der Waals surface area contributed by atoms with E-state index in [0.717, 1.165) is 32.2 Å². The van der Waals surface area contributed by atoms with Gasteiger partial charge in [-0.25, -0.2) is 0 Å². The Bertz CT molecular complexity index is 600. The van der Waals surface area contributed by atoms with Gasteiger partial charge in [-0.15, -0.1) is 0 Å². The minimum Gasteiger partial charge on any atom is -0.332 e. The Morgan fingerprint density at radius 2 is 1.92 bits per heavy atom. The van der Waals surface area contributed by atoms with Gasteiger partial charge in [-0.3, -0.25) is 9.59 Å². The maximum atomic E-state index is 12.8. The molecule has 1 aromatic rings. The SMILES string of the molecule is C.CC.CCCC(CC)C(=O)N1CC(=O)N2CCc3ccccc3[C@@H]2C1. The Morgan fingerprint density at radius 1 is 1.23 bits per heavy atom. The zero-order chi connectivity index (χ0) is 18.4. The molecule has 146 valence electrons. The van der Waals surface area contributed by atoms with Crippen LogP contribution in [0, 0.1) is 5.92 Å². The highest BCUT2D eigenvalue weighted by atomic mass is 16.2. The van der Waals surface area contributed by atoms with Gasteiger partial charge in [0.05, 0.1) is 12.6 Å². The predicted molar refractivity (Wildman–Crippen MR) is 108 cm³/mol. The summed E-state index contributed by atoms with van der Waals surface area (Å²) >= 11 is 0. The molecular weight excluding hydrogens is 324 g/mol. The van der Waals surface area contributed by atoms with Crippen LogP contribution in [0.4, 0.5) is 0 Å². The second-order valence-electron chi connectivity index (χ2n) is 6.66. The Morgan fingerprint density at radius 3 is 2.58 bits per heavy atom. The lowest BCUT2D eigenvalue weighted by Crippen LogP contribution is -2.56. The van der Waals surface area contributed by atoms with E-state index in [1.807, 2.05) is 24.8 Å². The molecule has 1 unspecified atom stereocenters. The second kappa shape index (κ2) is 10.3. The van der Waals surface area contributed by atoms with Crippen LogP contribution in [0.3, 0.4) is 0 Å². The van der Waals surface area contributed by atoms with Crippen LogP contribution in [0.5, 0.6) is 0 Å². The van der Waals surface area contributed by atoms with Gasteiger partial charge in [0.2, 0.25) is 11.8 Å². The number of rotatable bonds is 4. The topological polar surface area (TPSA) is 40.6 Å². The molecule has 2 heterocycles. The van der Waals surface area contributed by atoms with Gasteiger partial charge in [0.25, 0.3) is 0 Å². The summed E-state index contributed by atoms with van der Waals surface area (Å²) in [7, 11) is 0. The summed E-state index contributed by atoms with van der Waals surface area (Å²) in [6.07, 6.45) is 3.68. The van der Waals surface area contributed by atoms with Crippen molar-refractivity contribution in [2.24, 2.45) is 5.92 Å². The zero-order valence-electron chi connectivity index (χ0n) is 16.1. The van der Waals surface area contributed by atoms with Crippen LogP contribution in [0.2, 0.25) is 0 Å². The summed E-state index contributed by atoms with van der Waals surface area (Å²) in [6, 6.07) is 8.36. The Kier molecular flexibility index (Phi) is 8.83. The molecule has 3 rings (SSSR count). The molecule has 2 amide bonds. The van der Waals surface area contributed by atoms with E-state index in [1.165, 1.54) is 11.1 Å². The number of carbonyl (C=O) groups is 2. The molecule has 4 heteroatoms. The number of piperazine rings is 1. The highest BCUT2D eigenvalue weighted by molar-refractivity contribution is 5.87. The quantitative estimate of drug-likeness (QED) is 0.796. The maximum Gasteiger partial charge on any atom is 0.242 e. The van der Waals surface area contributed by atoms with Crippen molar-refractivity contribution in [1.29, 1.82) is 0 Å². The second-order valence-corrected chi connectivity index (χ2v) is 6.66. The molecule has 2 aliphatic rings. The first-order valence-electron chi connectivity index (χ1n) is 9.81. The average Bonchev–Trinajstić information content (AvgIpc) is 2.67. The van der Waals surface area contributed by atoms with Gasteiger partial charge in [0, 0.05) is 19.0 Å². The molecule has 4 nitrogen and oxygen atoms in total. The van der Waals surface area contributed by atoms with E-state index in [9.17, 15) is 9.59 Å². The van der Waals surface area contributed by atoms with Crippen LogP contribution in [0.15, 0.2) is 24.3 Å². The molecule has 0 aromatic heterocycles. The van der Waals surface area contributed by atoms with E-state index in [2.05, 4.69) is 32.0 Å². The normalized spacial score (nSPS) is 19.4. The first-order valence-corrected chi connectivity index (χ1v) is 9.81. The number of carbonyl (C=O) groups excluding carboxylic acids is 2. The fraction of sp³-hybridized carbons (Fsp3) is 0.636. The average molecular weight is 361 g/mol. The van der Waals surface area contributed by atoms with E-state index in [-0.39, 0.29) is 37.7 Å². The molecule has 0 aliphatic carbocycles. The van der Waals surface area contributed by atoms with Crippen molar-refractivity contribution in [2.45, 2.75) is 66.8 Å². The van der Waals surface area contributed by atoms with Crippen LogP contribution >= 0.6 is 0 Å². The first kappa shape index (κ1) is 22.2. The summed E-state index contributed by atoms with van der Waals surface area (Å²) in [5.41, 5.74) is 2.53. The van der Waals surface area contributed by atoms with Gasteiger partial charge in [-0.1, -0.05) is 65.8 Å². The fourth-order valence-corrected chi connectivity index (χ4v) is 3.95. The Hall–Kier alpha value is -1.84. The smallest absolute Gasteiger partial charge is 0.242 e. The van der Waals surface area contributed by atoms with Crippen LogP contribution < -0.4 is 0 Å². The number of amides is 2. The van der Waals surface area contributed by atoms with Gasteiger partial charge in [-0.2, -0.15) is 0 Å². The summed E-state index contributed by atoms with van der Waals surface area (Å²) in [6.45, 7) is 9.83. The van der Waals surface area contributed by atoms with Gasteiger partial charge >= 0.3 is 0 Å². The molecule has 2 atom stereocenters. The van der Waals surface area contributed by atoms with E-state index in [1.54, 1.807) is 4.90 Å². The molecular formula is C22H36N2O2. The van der Waals surface area contributed by atoms with Crippen LogP contribution in [-0.2, 0) is 16.0 Å². The molecule has 1 fully saturated rings. The van der Waals surface area contributed by atoms with Gasteiger partial charge in [-0.05, 0) is 30.4 Å². The summed E-state index contributed by atoms with van der Waals surface area (Å²) in [5.74, 6) is 0.305. The number of nitrogens with zero attached hydrogens (tertiary/aromatic N) is 2. The van der Waals surface area contributed by atoms with E-state index < -0.39 is 0 Å². The van der Waals surface area contributed by atoms with Crippen molar-refractivity contribution in [3.8, 4) is 0 Å². The largest absolute Gasteiger partial charge is 0.332 e. The fourth-order valence-electron chi connectivity index (χ4n) is 3.95. The van der Waals surface area contributed by atoms with E-state index >= 15 is 0 Å². The third-order valence-corrected chi connectivity index (χ3v) is 5.24. The summed E-state index contributed by atoms with van der Waals surface area (Å²) < 4.78 is 0. The number of hydrogen-bond donors (Lipinski definition) is 0. The number of benzene rings is 1. The van der Waals surface area contributed by atoms with Crippen molar-refractivity contribution in [3.05, 3.63) is 35.4 Å². The van der Waals surface area contributed by atoms with Crippen molar-refractivity contribution < 1.29 is 9.59 Å². The Balaban J connectivity index is 0.00000109. The van der Waals surface area contributed by atoms with Crippen molar-refractivity contribution in [1.82, 2.24) is 9.80 Å². The molecule has 26 heavy (non-hydrogen) atoms. The van der Waals surface area contributed by atoms with Gasteiger partial charge in [0.1, 0.15) is 0 Å². The molecule has 0 spiro atoms. The summed E-state index contributed by atoms with van der Waals surface area (Å²) in [4.78, 5) is 29.1. The van der Waals surface area contributed by atoms with Gasteiger partial charge < -0.3 is 9.80 Å². The zero-order valence-corrected chi connectivity index (χ0v) is 16.1. The van der Waals surface area contributed by atoms with Crippen molar-refractivity contribution in [3.63, 3.8) is 0 Å². The highest BCUT2D eigenvalue weighted by Gasteiger charge is 2.39. The van der Waals surface area contributed by atoms with Crippen LogP contribution in [-0.4, -0.2) is 41.2 Å². The minimum absolute atomic E-state index is 0. The number of hydrogen-bond acceptors (Lipinski definition) is 2. The predicted octanol–water partition coefficient (Wildman–Crippen LogP) is 4.44. The van der Waals surface area contributed by atoms with Crippen molar-refractivity contribution >= 4 is 11.8 Å². The van der Waals surface area contributed by atoms with Crippen LogP contribution in [0.1, 0.15) is 71.6 Å². The highest BCUT2D eigenvalue weighted by Crippen LogP contribution is 2.33. The molecule has 0 bridgehead atoms. The third kappa shape index (κ3) is 4.46. The molecule has 1 saturated heterocycles. The minimum atomic E-state index is 0. The Labute approximate surface area is 159 Å². The lowest BCUT2D eigenvalue weighted by atomic mass is 9.90. The van der Waals surface area contributed by atoms with E-state index in [0.29, 0.717) is 6.54 Å². The lowest BCUT2D eigenvalue weighted by molar-refractivity contribution is -0.151. The van der Waals surface area contributed by atoms with Crippen LogP contribution in [0.25, 0.3) is 0 Å². The molecule has 0 radical (unpaired) electrons. The monoisotopic (exact) mass is 360 g/mol. The van der Waals surface area contributed by atoms with Crippen molar-refractivity contribution in [2.75, 3.05) is 19.6 Å². The van der Waals surface area contributed by atoms with Gasteiger partial charge in [0.15, 0.2) is 0 Å². The maximum absolute atomic E-state index is 12.8. The van der Waals surface area contributed by atoms with E-state index in [4.69, 9.17) is 0 Å². The summed E-state index contributed by atoms with van der Waals surface area (Å²) in [5, 5.41) is 0. The standard InChI is InChI=1S/C19H26N2O2.C2H6.CH4/c1-3-7-14(4-2)19(23)20-12-17-16-9-6-5-8-15(16)10-11-21(17)18(22)13-20;1-2;/h5-6,8-9,14,17H,3-4,7,10-13H2,1-2H3;1-2H3;1H4/t14?,17-;;/m0../s1. The molecule has 0 N–H and O–H groups in total. The lowest BCUT2D eigenvalue weighted by Gasteiger charge is -2.45. The molecule has 2 aliphatic heterocycles.